The number of hydrogen-bond acceptors (Lipinski definition) is 4. The molecule has 1 heterocycles. The van der Waals surface area contributed by atoms with E-state index in [1.807, 2.05) is 6.07 Å². The van der Waals surface area contributed by atoms with Gasteiger partial charge in [0.15, 0.2) is 0 Å². The van der Waals surface area contributed by atoms with E-state index < -0.39 is 0 Å². The number of H-pyrrole nitrogens is 1. The van der Waals surface area contributed by atoms with Gasteiger partial charge >= 0.3 is 0 Å². The minimum absolute atomic E-state index is 0.511. The molecule has 102 valence electrons. The van der Waals surface area contributed by atoms with Crippen molar-refractivity contribution in [3.05, 3.63) is 22.3 Å². The van der Waals surface area contributed by atoms with E-state index in [1.165, 1.54) is 0 Å². The summed E-state index contributed by atoms with van der Waals surface area (Å²) in [4.78, 5) is 0. The molecule has 2 aromatic rings. The maximum absolute atomic E-state index is 5.89. The van der Waals surface area contributed by atoms with Crippen molar-refractivity contribution >= 4 is 21.7 Å². The highest BCUT2D eigenvalue weighted by molar-refractivity contribution is 9.10. The number of methoxy groups -OCH3 is 2. The van der Waals surface area contributed by atoms with Crippen LogP contribution < -0.4 is 15.2 Å². The van der Waals surface area contributed by atoms with Crippen molar-refractivity contribution in [3.8, 4) is 22.6 Å². The maximum atomic E-state index is 5.89. The second-order valence-electron chi connectivity index (χ2n) is 4.01. The van der Waals surface area contributed by atoms with Crippen molar-refractivity contribution in [2.45, 2.75) is 13.3 Å². The normalized spacial score (nSPS) is 10.5. The van der Waals surface area contributed by atoms with E-state index in [2.05, 4.69) is 33.1 Å². The zero-order chi connectivity index (χ0) is 14.0. The highest BCUT2D eigenvalue weighted by Crippen LogP contribution is 2.45. The third-order valence-electron chi connectivity index (χ3n) is 3.00. The molecule has 2 rings (SSSR count). The quantitative estimate of drug-likeness (QED) is 0.906. The molecule has 3 N–H and O–H groups in total. The van der Waals surface area contributed by atoms with Crippen LogP contribution >= 0.6 is 15.9 Å². The van der Waals surface area contributed by atoms with Gasteiger partial charge in [-0.3, -0.25) is 5.10 Å². The van der Waals surface area contributed by atoms with Crippen LogP contribution in [0.25, 0.3) is 11.1 Å². The Kier molecular flexibility index (Phi) is 3.99. The van der Waals surface area contributed by atoms with Gasteiger partial charge in [0.05, 0.1) is 20.4 Å². The molecule has 0 aliphatic heterocycles. The van der Waals surface area contributed by atoms with Gasteiger partial charge in [0.1, 0.15) is 21.8 Å². The lowest BCUT2D eigenvalue weighted by molar-refractivity contribution is 0.387. The second kappa shape index (κ2) is 5.52. The predicted molar refractivity (Wildman–Crippen MR) is 78.6 cm³/mol. The Bertz CT molecular complexity index is 596. The summed E-state index contributed by atoms with van der Waals surface area (Å²) in [5.41, 5.74) is 8.66. The van der Waals surface area contributed by atoms with E-state index in [1.54, 1.807) is 20.4 Å². The summed E-state index contributed by atoms with van der Waals surface area (Å²) < 4.78 is 11.7. The SMILES string of the molecule is CCc1cc(-c2cn[nH]c2N)c(OC)c(Br)c1OC. The number of halogens is 1. The lowest BCUT2D eigenvalue weighted by atomic mass is 10.0. The lowest BCUT2D eigenvalue weighted by Gasteiger charge is -2.16. The molecule has 1 aromatic heterocycles. The largest absolute Gasteiger partial charge is 0.495 e. The Hall–Kier alpha value is -1.69. The van der Waals surface area contributed by atoms with Crippen LogP contribution in [0.5, 0.6) is 11.5 Å². The van der Waals surface area contributed by atoms with E-state index in [4.69, 9.17) is 15.2 Å². The van der Waals surface area contributed by atoms with Crippen LogP contribution in [0.1, 0.15) is 12.5 Å². The smallest absolute Gasteiger partial charge is 0.144 e. The van der Waals surface area contributed by atoms with Crippen molar-refractivity contribution in [2.24, 2.45) is 0 Å². The number of nitrogens with two attached hydrogens (primary N) is 1. The standard InChI is InChI=1S/C13H16BrN3O2/c1-4-7-5-8(9-6-16-17-13(9)15)12(19-3)10(14)11(7)18-2/h5-6H,4H2,1-3H3,(H3,15,16,17). The molecule has 0 saturated heterocycles. The first-order valence-corrected chi connectivity index (χ1v) is 6.65. The van der Waals surface area contributed by atoms with Gasteiger partial charge in [0.25, 0.3) is 0 Å². The summed E-state index contributed by atoms with van der Waals surface area (Å²) in [7, 11) is 3.26. The number of nitrogen functional groups attached to an aromatic ring is 1. The summed E-state index contributed by atoms with van der Waals surface area (Å²) in [5.74, 6) is 1.98. The number of nitrogens with zero attached hydrogens (tertiary/aromatic N) is 1. The molecule has 0 aliphatic rings. The van der Waals surface area contributed by atoms with E-state index >= 15 is 0 Å². The number of hydrogen-bond donors (Lipinski definition) is 2. The summed E-state index contributed by atoms with van der Waals surface area (Å²) in [6, 6.07) is 2.02. The van der Waals surface area contributed by atoms with E-state index in [-0.39, 0.29) is 0 Å². The molecule has 5 nitrogen and oxygen atoms in total. The minimum Gasteiger partial charge on any atom is -0.495 e. The molecule has 6 heteroatoms. The Morgan fingerprint density at radius 3 is 2.42 bits per heavy atom. The molecule has 19 heavy (non-hydrogen) atoms. The number of aryl methyl sites for hydroxylation is 1. The van der Waals surface area contributed by atoms with Crippen molar-refractivity contribution < 1.29 is 9.47 Å². The summed E-state index contributed by atoms with van der Waals surface area (Å²) in [6.45, 7) is 2.07. The van der Waals surface area contributed by atoms with Gasteiger partial charge in [0, 0.05) is 11.1 Å². The predicted octanol–water partition coefficient (Wildman–Crippen LogP) is 3.00. The van der Waals surface area contributed by atoms with Crippen LogP contribution in [-0.4, -0.2) is 24.4 Å². The second-order valence-corrected chi connectivity index (χ2v) is 4.81. The molecule has 0 unspecified atom stereocenters. The zero-order valence-electron chi connectivity index (χ0n) is 11.1. The maximum Gasteiger partial charge on any atom is 0.144 e. The molecule has 1 aromatic carbocycles. The Labute approximate surface area is 120 Å². The number of benzene rings is 1. The molecule has 0 saturated carbocycles. The number of anilines is 1. The highest BCUT2D eigenvalue weighted by atomic mass is 79.9. The topological polar surface area (TPSA) is 73.2 Å². The van der Waals surface area contributed by atoms with E-state index in [9.17, 15) is 0 Å². The Balaban J connectivity index is 2.74. The zero-order valence-corrected chi connectivity index (χ0v) is 12.7. The number of aromatic amines is 1. The van der Waals surface area contributed by atoms with Crippen LogP contribution in [0.2, 0.25) is 0 Å². The lowest BCUT2D eigenvalue weighted by Crippen LogP contribution is -1.98. The molecule has 0 bridgehead atoms. The van der Waals surface area contributed by atoms with Crippen LogP contribution in [0, 0.1) is 0 Å². The van der Waals surface area contributed by atoms with Gasteiger partial charge in [-0.15, -0.1) is 0 Å². The van der Waals surface area contributed by atoms with Gasteiger partial charge < -0.3 is 15.2 Å². The molecule has 0 amide bonds. The highest BCUT2D eigenvalue weighted by Gasteiger charge is 2.20. The average molecular weight is 326 g/mol. The van der Waals surface area contributed by atoms with Crippen molar-refractivity contribution in [1.82, 2.24) is 10.2 Å². The third-order valence-corrected chi connectivity index (χ3v) is 3.72. The fourth-order valence-corrected chi connectivity index (χ4v) is 2.85. The Morgan fingerprint density at radius 2 is 1.95 bits per heavy atom. The first-order chi connectivity index (χ1) is 9.13. The fraction of sp³-hybridized carbons (Fsp3) is 0.308. The molecule has 0 spiro atoms. The number of nitrogens with one attached hydrogen (secondary N) is 1. The van der Waals surface area contributed by atoms with Gasteiger partial charge in [-0.1, -0.05) is 6.92 Å². The third kappa shape index (κ3) is 2.28. The molecule has 0 aliphatic carbocycles. The monoisotopic (exact) mass is 325 g/mol. The summed E-state index contributed by atoms with van der Waals surface area (Å²) in [6.07, 6.45) is 2.53. The first kappa shape index (κ1) is 13.7. The summed E-state index contributed by atoms with van der Waals surface area (Å²) in [5, 5.41) is 6.68. The van der Waals surface area contributed by atoms with Crippen LogP contribution in [-0.2, 0) is 6.42 Å². The van der Waals surface area contributed by atoms with Crippen molar-refractivity contribution in [1.29, 1.82) is 0 Å². The van der Waals surface area contributed by atoms with Crippen LogP contribution in [0.3, 0.4) is 0 Å². The average Bonchev–Trinajstić information content (AvgIpc) is 2.83. The van der Waals surface area contributed by atoms with Crippen molar-refractivity contribution in [3.63, 3.8) is 0 Å². The van der Waals surface area contributed by atoms with Crippen LogP contribution in [0.4, 0.5) is 5.82 Å². The van der Waals surface area contributed by atoms with Gasteiger partial charge in [-0.25, -0.2) is 0 Å². The first-order valence-electron chi connectivity index (χ1n) is 5.86. The molecule has 0 atom stereocenters. The number of aromatic nitrogens is 2. The number of ether oxygens (including phenoxy) is 2. The van der Waals surface area contributed by atoms with Crippen molar-refractivity contribution in [2.75, 3.05) is 20.0 Å². The van der Waals surface area contributed by atoms with E-state index in [0.717, 1.165) is 33.3 Å². The van der Waals surface area contributed by atoms with E-state index in [0.29, 0.717) is 11.6 Å². The van der Waals surface area contributed by atoms with Gasteiger partial charge in [-0.05, 0) is 34.0 Å². The molecular weight excluding hydrogens is 310 g/mol. The molecule has 0 fully saturated rings. The Morgan fingerprint density at radius 1 is 1.26 bits per heavy atom. The molecular formula is C13H16BrN3O2. The van der Waals surface area contributed by atoms with Crippen LogP contribution in [0.15, 0.2) is 16.7 Å². The summed E-state index contributed by atoms with van der Waals surface area (Å²) >= 11 is 3.53. The van der Waals surface area contributed by atoms with Gasteiger partial charge in [-0.2, -0.15) is 5.10 Å². The minimum atomic E-state index is 0.511. The van der Waals surface area contributed by atoms with Gasteiger partial charge in [0.2, 0.25) is 0 Å². The fourth-order valence-electron chi connectivity index (χ4n) is 2.06. The number of rotatable bonds is 4. The molecule has 0 radical (unpaired) electrons.